The van der Waals surface area contributed by atoms with Crippen molar-refractivity contribution in [2.75, 3.05) is 6.54 Å². The third-order valence-electron chi connectivity index (χ3n) is 4.50. The zero-order chi connectivity index (χ0) is 13.9. The molecule has 4 heteroatoms. The van der Waals surface area contributed by atoms with E-state index in [0.29, 0.717) is 12.5 Å². The van der Waals surface area contributed by atoms with Gasteiger partial charge in [0.05, 0.1) is 6.10 Å². The second-order valence-corrected chi connectivity index (χ2v) is 5.96. The van der Waals surface area contributed by atoms with Gasteiger partial charge in [0, 0.05) is 18.5 Å². The number of hydrogen-bond donors (Lipinski definition) is 3. The molecule has 108 valence electrons. The van der Waals surface area contributed by atoms with E-state index in [1.54, 1.807) is 0 Å². The summed E-state index contributed by atoms with van der Waals surface area (Å²) in [7, 11) is 0. The van der Waals surface area contributed by atoms with Gasteiger partial charge in [-0.1, -0.05) is 24.3 Å². The molecule has 2 amide bonds. The molecule has 0 saturated heterocycles. The smallest absolute Gasteiger partial charge is 0.315 e. The van der Waals surface area contributed by atoms with Gasteiger partial charge in [-0.25, -0.2) is 4.79 Å². The lowest BCUT2D eigenvalue weighted by molar-refractivity contribution is 0.117. The first-order valence-electron chi connectivity index (χ1n) is 7.52. The molecule has 1 fully saturated rings. The lowest BCUT2D eigenvalue weighted by Crippen LogP contribution is -2.45. The number of fused-ring (bicyclic) bond motifs is 1. The Morgan fingerprint density at radius 1 is 1.20 bits per heavy atom. The highest BCUT2D eigenvalue weighted by Gasteiger charge is 2.26. The van der Waals surface area contributed by atoms with Crippen LogP contribution in [0.15, 0.2) is 24.3 Å². The summed E-state index contributed by atoms with van der Waals surface area (Å²) in [4.78, 5) is 11.9. The van der Waals surface area contributed by atoms with Crippen LogP contribution in [0.3, 0.4) is 0 Å². The van der Waals surface area contributed by atoms with Gasteiger partial charge in [0.15, 0.2) is 0 Å². The lowest BCUT2D eigenvalue weighted by atomic mass is 9.78. The first-order chi connectivity index (χ1) is 9.72. The minimum absolute atomic E-state index is 0.0734. The van der Waals surface area contributed by atoms with Crippen molar-refractivity contribution in [2.45, 2.75) is 50.2 Å². The predicted molar refractivity (Wildman–Crippen MR) is 77.7 cm³/mol. The molecule has 1 atom stereocenters. The Morgan fingerprint density at radius 2 is 1.95 bits per heavy atom. The highest BCUT2D eigenvalue weighted by atomic mass is 16.3. The van der Waals surface area contributed by atoms with Crippen LogP contribution in [0.2, 0.25) is 0 Å². The van der Waals surface area contributed by atoms with Gasteiger partial charge in [-0.2, -0.15) is 0 Å². The van der Waals surface area contributed by atoms with Gasteiger partial charge in [0.25, 0.3) is 0 Å². The number of aliphatic hydroxyl groups excluding tert-OH is 1. The van der Waals surface area contributed by atoms with Crippen LogP contribution in [0.1, 0.15) is 42.7 Å². The number of hydrogen-bond acceptors (Lipinski definition) is 2. The maximum absolute atomic E-state index is 11.9. The van der Waals surface area contributed by atoms with Gasteiger partial charge in [-0.05, 0) is 43.2 Å². The van der Waals surface area contributed by atoms with E-state index in [1.165, 1.54) is 11.1 Å². The van der Waals surface area contributed by atoms with Gasteiger partial charge in [0.2, 0.25) is 0 Å². The van der Waals surface area contributed by atoms with Crippen molar-refractivity contribution in [3.05, 3.63) is 35.4 Å². The molecule has 0 aliphatic heterocycles. The molecule has 1 aromatic rings. The molecule has 1 saturated carbocycles. The normalized spacial score (nSPS) is 28.1. The third-order valence-corrected chi connectivity index (χ3v) is 4.50. The fraction of sp³-hybridized carbons (Fsp3) is 0.562. The molecule has 3 rings (SSSR count). The van der Waals surface area contributed by atoms with Crippen LogP contribution >= 0.6 is 0 Å². The molecular weight excluding hydrogens is 252 g/mol. The van der Waals surface area contributed by atoms with Crippen molar-refractivity contribution in [3.8, 4) is 0 Å². The summed E-state index contributed by atoms with van der Waals surface area (Å²) < 4.78 is 0. The van der Waals surface area contributed by atoms with Crippen LogP contribution in [0.4, 0.5) is 4.79 Å². The van der Waals surface area contributed by atoms with Crippen LogP contribution in [-0.4, -0.2) is 29.8 Å². The zero-order valence-corrected chi connectivity index (χ0v) is 11.6. The second kappa shape index (κ2) is 5.83. The van der Waals surface area contributed by atoms with Crippen LogP contribution in [0, 0.1) is 0 Å². The largest absolute Gasteiger partial charge is 0.393 e. The van der Waals surface area contributed by atoms with Crippen molar-refractivity contribution < 1.29 is 9.90 Å². The van der Waals surface area contributed by atoms with Gasteiger partial charge < -0.3 is 15.7 Å². The number of carbonyl (C=O) groups excluding carboxylic acids is 1. The first kappa shape index (κ1) is 13.4. The molecule has 3 N–H and O–H groups in total. The molecule has 0 bridgehead atoms. The van der Waals surface area contributed by atoms with E-state index in [-0.39, 0.29) is 18.2 Å². The SMILES string of the molecule is O=C(NCC1Cc2ccccc21)NC1CCC(O)CC1. The van der Waals surface area contributed by atoms with Gasteiger partial charge in [0.1, 0.15) is 0 Å². The Labute approximate surface area is 119 Å². The predicted octanol–water partition coefficient (Wildman–Crippen LogP) is 1.93. The standard InChI is InChI=1S/C16H22N2O2/c19-14-7-5-13(6-8-14)18-16(20)17-10-12-9-11-3-1-2-4-15(11)12/h1-4,12-14,19H,5-10H2,(H2,17,18,20). The molecule has 20 heavy (non-hydrogen) atoms. The van der Waals surface area contributed by atoms with Gasteiger partial charge in [-0.3, -0.25) is 0 Å². The van der Waals surface area contributed by atoms with Crippen LogP contribution in [0.5, 0.6) is 0 Å². The molecule has 1 aromatic carbocycles. The summed E-state index contributed by atoms with van der Waals surface area (Å²) in [6.07, 6.45) is 4.22. The Kier molecular flexibility index (Phi) is 3.92. The summed E-state index contributed by atoms with van der Waals surface area (Å²) >= 11 is 0. The number of benzene rings is 1. The Morgan fingerprint density at radius 3 is 2.70 bits per heavy atom. The summed E-state index contributed by atoms with van der Waals surface area (Å²) in [6.45, 7) is 0.707. The Balaban J connectivity index is 1.40. The Bertz CT molecular complexity index is 481. The average molecular weight is 274 g/mol. The van der Waals surface area contributed by atoms with Crippen LogP contribution in [-0.2, 0) is 6.42 Å². The third kappa shape index (κ3) is 2.96. The minimum atomic E-state index is -0.178. The fourth-order valence-electron chi connectivity index (χ4n) is 3.22. The molecule has 0 radical (unpaired) electrons. The summed E-state index contributed by atoms with van der Waals surface area (Å²) in [6, 6.07) is 8.55. The number of carbonyl (C=O) groups is 1. The van der Waals surface area contributed by atoms with Crippen molar-refractivity contribution in [2.24, 2.45) is 0 Å². The lowest BCUT2D eigenvalue weighted by Gasteiger charge is -2.31. The van der Waals surface area contributed by atoms with E-state index in [2.05, 4.69) is 34.9 Å². The molecule has 1 unspecified atom stereocenters. The van der Waals surface area contributed by atoms with Gasteiger partial charge in [-0.15, -0.1) is 0 Å². The maximum Gasteiger partial charge on any atom is 0.315 e. The molecule has 0 aromatic heterocycles. The number of aliphatic hydroxyl groups is 1. The molecule has 2 aliphatic rings. The summed E-state index contributed by atoms with van der Waals surface area (Å²) in [5.41, 5.74) is 2.77. The van der Waals surface area contributed by atoms with Crippen LogP contribution < -0.4 is 10.6 Å². The summed E-state index contributed by atoms with van der Waals surface area (Å²) in [5.74, 6) is 0.463. The fourth-order valence-corrected chi connectivity index (χ4v) is 3.22. The second-order valence-electron chi connectivity index (χ2n) is 5.96. The molecule has 2 aliphatic carbocycles. The molecular formula is C16H22N2O2. The first-order valence-corrected chi connectivity index (χ1v) is 7.52. The number of rotatable bonds is 3. The van der Waals surface area contributed by atoms with Crippen molar-refractivity contribution in [3.63, 3.8) is 0 Å². The molecule has 0 heterocycles. The van der Waals surface area contributed by atoms with Crippen LogP contribution in [0.25, 0.3) is 0 Å². The Hall–Kier alpha value is -1.55. The van der Waals surface area contributed by atoms with E-state index in [0.717, 1.165) is 32.1 Å². The minimum Gasteiger partial charge on any atom is -0.393 e. The van der Waals surface area contributed by atoms with E-state index in [9.17, 15) is 9.90 Å². The molecule has 0 spiro atoms. The van der Waals surface area contributed by atoms with E-state index in [1.807, 2.05) is 0 Å². The highest BCUT2D eigenvalue weighted by molar-refractivity contribution is 5.74. The van der Waals surface area contributed by atoms with Crippen molar-refractivity contribution in [1.29, 1.82) is 0 Å². The van der Waals surface area contributed by atoms with E-state index < -0.39 is 0 Å². The quantitative estimate of drug-likeness (QED) is 0.788. The molecule has 4 nitrogen and oxygen atoms in total. The number of amides is 2. The summed E-state index contributed by atoms with van der Waals surface area (Å²) in [5, 5.41) is 15.4. The van der Waals surface area contributed by atoms with Crippen molar-refractivity contribution >= 4 is 6.03 Å². The number of urea groups is 1. The average Bonchev–Trinajstić information content (AvgIpc) is 2.42. The van der Waals surface area contributed by atoms with E-state index >= 15 is 0 Å². The van der Waals surface area contributed by atoms with Crippen molar-refractivity contribution in [1.82, 2.24) is 10.6 Å². The maximum atomic E-state index is 11.9. The highest BCUT2D eigenvalue weighted by Crippen LogP contribution is 2.33. The zero-order valence-electron chi connectivity index (χ0n) is 11.6. The van der Waals surface area contributed by atoms with Gasteiger partial charge >= 0.3 is 6.03 Å². The monoisotopic (exact) mass is 274 g/mol. The topological polar surface area (TPSA) is 61.4 Å². The van der Waals surface area contributed by atoms with E-state index in [4.69, 9.17) is 0 Å². The number of nitrogens with one attached hydrogen (secondary N) is 2.